The van der Waals surface area contributed by atoms with Crippen molar-refractivity contribution in [3.05, 3.63) is 68.3 Å². The fourth-order valence-electron chi connectivity index (χ4n) is 1.62. The minimum Gasteiger partial charge on any atom is -0.310 e. The minimum atomic E-state index is -0.284. The maximum atomic E-state index is 13.1. The lowest BCUT2D eigenvalue weighted by Crippen LogP contribution is -2.19. The Morgan fingerprint density at radius 2 is 2.06 bits per heavy atom. The Hall–Kier alpha value is -1.42. The molecule has 0 fully saturated rings. The van der Waals surface area contributed by atoms with Crippen molar-refractivity contribution in [2.45, 2.75) is 13.5 Å². The van der Waals surface area contributed by atoms with Gasteiger partial charge in [-0.3, -0.25) is 4.79 Å². The van der Waals surface area contributed by atoms with Crippen molar-refractivity contribution in [3.8, 4) is 0 Å². The van der Waals surface area contributed by atoms with Gasteiger partial charge in [-0.2, -0.15) is 0 Å². The Morgan fingerprint density at radius 1 is 1.29 bits per heavy atom. The molecule has 1 aromatic heterocycles. The number of nitrogens with zero attached hydrogens (tertiary/aromatic N) is 1. The molecule has 17 heavy (non-hydrogen) atoms. The molecule has 0 saturated heterocycles. The van der Waals surface area contributed by atoms with Gasteiger partial charge in [0, 0.05) is 16.7 Å². The summed E-state index contributed by atoms with van der Waals surface area (Å²) in [7, 11) is 0. The normalized spacial score (nSPS) is 10.5. The van der Waals surface area contributed by atoms with Crippen LogP contribution in [0.25, 0.3) is 0 Å². The first kappa shape index (κ1) is 12.0. The highest BCUT2D eigenvalue weighted by atomic mass is 79.9. The molecule has 0 saturated carbocycles. The van der Waals surface area contributed by atoms with Crippen LogP contribution >= 0.6 is 15.9 Å². The molecule has 0 atom stereocenters. The van der Waals surface area contributed by atoms with E-state index in [4.69, 9.17) is 0 Å². The minimum absolute atomic E-state index is 0.100. The molecule has 0 aliphatic carbocycles. The molecule has 2 aromatic rings. The molecule has 0 radical (unpaired) electrons. The molecule has 0 spiro atoms. The maximum absolute atomic E-state index is 13.1. The fourth-order valence-corrected chi connectivity index (χ4v) is 2.00. The summed E-state index contributed by atoms with van der Waals surface area (Å²) in [5, 5.41) is 0. The van der Waals surface area contributed by atoms with E-state index in [1.54, 1.807) is 22.9 Å². The van der Waals surface area contributed by atoms with Crippen LogP contribution in [-0.2, 0) is 6.54 Å². The third kappa shape index (κ3) is 2.82. The molecular formula is C13H11BrFNO. The molecular weight excluding hydrogens is 285 g/mol. The first-order chi connectivity index (χ1) is 8.06. The summed E-state index contributed by atoms with van der Waals surface area (Å²) in [6, 6.07) is 7.77. The number of hydrogen-bond donors (Lipinski definition) is 0. The predicted molar refractivity (Wildman–Crippen MR) is 68.6 cm³/mol. The van der Waals surface area contributed by atoms with Gasteiger partial charge < -0.3 is 4.57 Å². The predicted octanol–water partition coefficient (Wildman–Crippen LogP) is 3.11. The van der Waals surface area contributed by atoms with E-state index in [2.05, 4.69) is 15.9 Å². The van der Waals surface area contributed by atoms with Gasteiger partial charge in [-0.05, 0) is 52.2 Å². The second-order valence-electron chi connectivity index (χ2n) is 3.88. The molecule has 0 aliphatic rings. The van der Waals surface area contributed by atoms with Crippen molar-refractivity contribution < 1.29 is 4.39 Å². The topological polar surface area (TPSA) is 22.0 Å². The number of benzene rings is 1. The molecule has 2 nitrogen and oxygen atoms in total. The highest BCUT2D eigenvalue weighted by molar-refractivity contribution is 9.10. The summed E-state index contributed by atoms with van der Waals surface area (Å²) >= 11 is 3.31. The number of halogens is 2. The molecule has 2 rings (SSSR count). The second-order valence-corrected chi connectivity index (χ2v) is 4.80. The number of aromatic nitrogens is 1. The van der Waals surface area contributed by atoms with E-state index in [1.807, 2.05) is 6.92 Å². The standard InChI is InChI=1S/C13H11BrFNO/c1-9-2-4-12(15)6-10(9)7-16-8-11(14)3-5-13(16)17/h2-6,8H,7H2,1H3. The number of aryl methyl sites for hydroxylation is 1. The number of hydrogen-bond acceptors (Lipinski definition) is 1. The van der Waals surface area contributed by atoms with Crippen LogP contribution in [0.3, 0.4) is 0 Å². The van der Waals surface area contributed by atoms with Crippen LogP contribution in [0, 0.1) is 12.7 Å². The van der Waals surface area contributed by atoms with E-state index in [0.29, 0.717) is 6.54 Å². The van der Waals surface area contributed by atoms with Gasteiger partial charge in [0.25, 0.3) is 5.56 Å². The van der Waals surface area contributed by atoms with E-state index in [1.165, 1.54) is 18.2 Å². The third-order valence-corrected chi connectivity index (χ3v) is 3.07. The smallest absolute Gasteiger partial charge is 0.250 e. The van der Waals surface area contributed by atoms with Crippen LogP contribution in [0.1, 0.15) is 11.1 Å². The lowest BCUT2D eigenvalue weighted by Gasteiger charge is -2.09. The molecule has 88 valence electrons. The summed E-state index contributed by atoms with van der Waals surface area (Å²) in [5.74, 6) is -0.284. The average Bonchev–Trinajstić information content (AvgIpc) is 2.28. The monoisotopic (exact) mass is 295 g/mol. The quantitative estimate of drug-likeness (QED) is 0.834. The first-order valence-corrected chi connectivity index (χ1v) is 5.96. The highest BCUT2D eigenvalue weighted by Crippen LogP contribution is 2.12. The van der Waals surface area contributed by atoms with Gasteiger partial charge in [-0.25, -0.2) is 4.39 Å². The Kier molecular flexibility index (Phi) is 3.43. The molecule has 1 heterocycles. The van der Waals surface area contributed by atoms with Crippen molar-refractivity contribution in [1.82, 2.24) is 4.57 Å². The van der Waals surface area contributed by atoms with Crippen molar-refractivity contribution >= 4 is 15.9 Å². The van der Waals surface area contributed by atoms with Crippen LogP contribution in [-0.4, -0.2) is 4.57 Å². The van der Waals surface area contributed by atoms with Gasteiger partial charge >= 0.3 is 0 Å². The number of pyridine rings is 1. The number of rotatable bonds is 2. The lowest BCUT2D eigenvalue weighted by molar-refractivity contribution is 0.621. The summed E-state index contributed by atoms with van der Waals surface area (Å²) in [6.45, 7) is 2.28. The van der Waals surface area contributed by atoms with Crippen molar-refractivity contribution in [1.29, 1.82) is 0 Å². The van der Waals surface area contributed by atoms with E-state index in [9.17, 15) is 9.18 Å². The zero-order valence-corrected chi connectivity index (χ0v) is 10.9. The Morgan fingerprint density at radius 3 is 2.82 bits per heavy atom. The summed E-state index contributed by atoms with van der Waals surface area (Å²) in [4.78, 5) is 11.6. The average molecular weight is 296 g/mol. The van der Waals surface area contributed by atoms with Gasteiger partial charge in [-0.15, -0.1) is 0 Å². The van der Waals surface area contributed by atoms with E-state index in [-0.39, 0.29) is 11.4 Å². The van der Waals surface area contributed by atoms with Crippen LogP contribution < -0.4 is 5.56 Å². The van der Waals surface area contributed by atoms with E-state index in [0.717, 1.165) is 15.6 Å². The lowest BCUT2D eigenvalue weighted by atomic mass is 10.1. The SMILES string of the molecule is Cc1ccc(F)cc1Cn1cc(Br)ccc1=O. The molecule has 4 heteroatoms. The molecule has 0 aliphatic heterocycles. The summed E-state index contributed by atoms with van der Waals surface area (Å²) in [6.07, 6.45) is 1.70. The van der Waals surface area contributed by atoms with Crippen LogP contribution in [0.2, 0.25) is 0 Å². The summed E-state index contributed by atoms with van der Waals surface area (Å²) < 4.78 is 15.5. The largest absolute Gasteiger partial charge is 0.310 e. The highest BCUT2D eigenvalue weighted by Gasteiger charge is 2.03. The molecule has 0 bridgehead atoms. The van der Waals surface area contributed by atoms with Crippen LogP contribution in [0.5, 0.6) is 0 Å². The van der Waals surface area contributed by atoms with Crippen molar-refractivity contribution in [3.63, 3.8) is 0 Å². The zero-order valence-electron chi connectivity index (χ0n) is 9.28. The fraction of sp³-hybridized carbons (Fsp3) is 0.154. The van der Waals surface area contributed by atoms with Gasteiger partial charge in [-0.1, -0.05) is 6.07 Å². The van der Waals surface area contributed by atoms with Gasteiger partial charge in [0.05, 0.1) is 6.54 Å². The molecule has 0 unspecified atom stereocenters. The van der Waals surface area contributed by atoms with Gasteiger partial charge in [0.1, 0.15) is 5.82 Å². The summed E-state index contributed by atoms with van der Waals surface area (Å²) in [5.41, 5.74) is 1.68. The van der Waals surface area contributed by atoms with Gasteiger partial charge in [0.15, 0.2) is 0 Å². The van der Waals surface area contributed by atoms with Crippen molar-refractivity contribution in [2.24, 2.45) is 0 Å². The van der Waals surface area contributed by atoms with Crippen LogP contribution in [0.4, 0.5) is 4.39 Å². The van der Waals surface area contributed by atoms with Crippen LogP contribution in [0.15, 0.2) is 45.8 Å². The Bertz CT molecular complexity index is 607. The maximum Gasteiger partial charge on any atom is 0.250 e. The third-order valence-electron chi connectivity index (χ3n) is 2.60. The Labute approximate surface area is 107 Å². The van der Waals surface area contributed by atoms with E-state index >= 15 is 0 Å². The molecule has 1 aromatic carbocycles. The van der Waals surface area contributed by atoms with E-state index < -0.39 is 0 Å². The molecule has 0 amide bonds. The first-order valence-electron chi connectivity index (χ1n) is 5.17. The molecule has 0 N–H and O–H groups in total. The van der Waals surface area contributed by atoms with Gasteiger partial charge in [0.2, 0.25) is 0 Å². The zero-order chi connectivity index (χ0) is 12.4. The Balaban J connectivity index is 2.41. The van der Waals surface area contributed by atoms with Crippen molar-refractivity contribution in [2.75, 3.05) is 0 Å². The second kappa shape index (κ2) is 4.84.